The Morgan fingerprint density at radius 1 is 1.36 bits per heavy atom. The van der Waals surface area contributed by atoms with E-state index in [1.54, 1.807) is 0 Å². The maximum atomic E-state index is 4.39. The summed E-state index contributed by atoms with van der Waals surface area (Å²) in [4.78, 5) is 4.39. The molecule has 0 spiro atoms. The third kappa shape index (κ3) is 0.953. The molecule has 2 atom stereocenters. The normalized spacial score (nSPS) is 28.5. The van der Waals surface area contributed by atoms with E-state index in [-0.39, 0.29) is 0 Å². The summed E-state index contributed by atoms with van der Waals surface area (Å²) >= 11 is 0. The van der Waals surface area contributed by atoms with E-state index >= 15 is 0 Å². The van der Waals surface area contributed by atoms with Crippen molar-refractivity contribution in [1.82, 2.24) is 4.98 Å². The van der Waals surface area contributed by atoms with Gasteiger partial charge in [-0.25, -0.2) is 0 Å². The van der Waals surface area contributed by atoms with Gasteiger partial charge in [0.2, 0.25) is 0 Å². The average molecular weight is 147 g/mol. The molecule has 0 amide bonds. The van der Waals surface area contributed by atoms with Crippen LogP contribution < -0.4 is 0 Å². The minimum Gasteiger partial charge on any atom is -0.261 e. The van der Waals surface area contributed by atoms with E-state index < -0.39 is 0 Å². The molecule has 1 aromatic heterocycles. The number of pyridine rings is 1. The Morgan fingerprint density at radius 3 is 2.91 bits per heavy atom. The molecule has 11 heavy (non-hydrogen) atoms. The Morgan fingerprint density at radius 2 is 2.18 bits per heavy atom. The molecule has 58 valence electrons. The fourth-order valence-electron chi connectivity index (χ4n) is 2.03. The van der Waals surface area contributed by atoms with Crippen molar-refractivity contribution in [3.63, 3.8) is 0 Å². The molecule has 0 saturated heterocycles. The predicted molar refractivity (Wildman–Crippen MR) is 45.7 cm³/mol. The molecule has 2 rings (SSSR count). The highest BCUT2D eigenvalue weighted by Crippen LogP contribution is 2.39. The third-order valence-corrected chi connectivity index (χ3v) is 2.58. The highest BCUT2D eigenvalue weighted by Gasteiger charge is 2.25. The molecular formula is C10H13N. The topological polar surface area (TPSA) is 12.9 Å². The van der Waals surface area contributed by atoms with Crippen LogP contribution in [0, 0.1) is 0 Å². The Labute approximate surface area is 67.5 Å². The molecule has 0 unspecified atom stereocenters. The standard InChI is InChI=1S/C10H13N/c1-7-6-8(2)10-9(7)4-3-5-11-10/h3-5,7-8H,6H2,1-2H3/t7-,8+/m1/s1. The maximum Gasteiger partial charge on any atom is 0.0466 e. The van der Waals surface area contributed by atoms with Gasteiger partial charge >= 0.3 is 0 Å². The molecule has 1 nitrogen and oxygen atoms in total. The van der Waals surface area contributed by atoms with Crippen molar-refractivity contribution >= 4 is 0 Å². The highest BCUT2D eigenvalue weighted by molar-refractivity contribution is 5.31. The van der Waals surface area contributed by atoms with Crippen LogP contribution in [0.1, 0.15) is 43.4 Å². The number of rotatable bonds is 0. The molecule has 0 bridgehead atoms. The van der Waals surface area contributed by atoms with E-state index in [4.69, 9.17) is 0 Å². The lowest BCUT2D eigenvalue weighted by atomic mass is 10.1. The Balaban J connectivity index is 2.52. The summed E-state index contributed by atoms with van der Waals surface area (Å²) in [5, 5.41) is 0. The van der Waals surface area contributed by atoms with Crippen LogP contribution in [0.5, 0.6) is 0 Å². The first kappa shape index (κ1) is 6.84. The molecule has 0 aromatic carbocycles. The van der Waals surface area contributed by atoms with Gasteiger partial charge in [-0.3, -0.25) is 4.98 Å². The summed E-state index contributed by atoms with van der Waals surface area (Å²) < 4.78 is 0. The minimum atomic E-state index is 0.668. The average Bonchev–Trinajstić information content (AvgIpc) is 2.30. The van der Waals surface area contributed by atoms with E-state index in [0.29, 0.717) is 11.8 Å². The third-order valence-electron chi connectivity index (χ3n) is 2.58. The molecule has 1 heterocycles. The van der Waals surface area contributed by atoms with Crippen LogP contribution in [-0.4, -0.2) is 4.98 Å². The van der Waals surface area contributed by atoms with Crippen LogP contribution >= 0.6 is 0 Å². The molecule has 0 N–H and O–H groups in total. The van der Waals surface area contributed by atoms with Crippen molar-refractivity contribution in [3.05, 3.63) is 29.6 Å². The van der Waals surface area contributed by atoms with E-state index in [0.717, 1.165) is 0 Å². The molecule has 1 aliphatic rings. The molecule has 0 saturated carbocycles. The van der Waals surface area contributed by atoms with E-state index in [2.05, 4.69) is 24.9 Å². The predicted octanol–water partition coefficient (Wildman–Crippen LogP) is 2.69. The van der Waals surface area contributed by atoms with E-state index in [1.807, 2.05) is 12.3 Å². The zero-order chi connectivity index (χ0) is 7.84. The summed E-state index contributed by atoms with van der Waals surface area (Å²) in [6.45, 7) is 4.54. The van der Waals surface area contributed by atoms with Crippen LogP contribution in [0.25, 0.3) is 0 Å². The lowest BCUT2D eigenvalue weighted by Gasteiger charge is -2.00. The van der Waals surface area contributed by atoms with Gasteiger partial charge in [-0.1, -0.05) is 19.9 Å². The first-order valence-electron chi connectivity index (χ1n) is 4.24. The number of aromatic nitrogens is 1. The first-order chi connectivity index (χ1) is 5.29. The Kier molecular flexibility index (Phi) is 1.45. The smallest absolute Gasteiger partial charge is 0.0466 e. The maximum absolute atomic E-state index is 4.39. The fraction of sp³-hybridized carbons (Fsp3) is 0.500. The molecule has 0 fully saturated rings. The van der Waals surface area contributed by atoms with Gasteiger partial charge in [0, 0.05) is 11.9 Å². The van der Waals surface area contributed by atoms with E-state index in [1.165, 1.54) is 17.7 Å². The lowest BCUT2D eigenvalue weighted by molar-refractivity contribution is 0.655. The number of nitrogens with zero attached hydrogens (tertiary/aromatic N) is 1. The van der Waals surface area contributed by atoms with Crippen LogP contribution in [0.2, 0.25) is 0 Å². The summed E-state index contributed by atoms with van der Waals surface area (Å²) in [7, 11) is 0. The molecule has 1 aromatic rings. The first-order valence-corrected chi connectivity index (χ1v) is 4.24. The zero-order valence-corrected chi connectivity index (χ0v) is 7.04. The monoisotopic (exact) mass is 147 g/mol. The minimum absolute atomic E-state index is 0.668. The SMILES string of the molecule is C[C@@H]1C[C@H](C)c2ncccc21. The summed E-state index contributed by atoms with van der Waals surface area (Å²) in [5.41, 5.74) is 2.78. The second kappa shape index (κ2) is 2.33. The molecule has 0 aliphatic heterocycles. The van der Waals surface area contributed by atoms with Crippen molar-refractivity contribution < 1.29 is 0 Å². The molecule has 1 aliphatic carbocycles. The van der Waals surface area contributed by atoms with Gasteiger partial charge in [-0.15, -0.1) is 0 Å². The van der Waals surface area contributed by atoms with Crippen molar-refractivity contribution in [2.24, 2.45) is 0 Å². The van der Waals surface area contributed by atoms with Crippen molar-refractivity contribution in [3.8, 4) is 0 Å². The number of fused-ring (bicyclic) bond motifs is 1. The second-order valence-electron chi connectivity index (χ2n) is 3.52. The molecule has 1 heteroatoms. The largest absolute Gasteiger partial charge is 0.261 e. The lowest BCUT2D eigenvalue weighted by Crippen LogP contribution is -1.89. The van der Waals surface area contributed by atoms with Gasteiger partial charge in [0.25, 0.3) is 0 Å². The van der Waals surface area contributed by atoms with Gasteiger partial charge in [0.05, 0.1) is 0 Å². The summed E-state index contributed by atoms with van der Waals surface area (Å²) in [6.07, 6.45) is 3.17. The van der Waals surface area contributed by atoms with Gasteiger partial charge in [-0.05, 0) is 29.9 Å². The van der Waals surface area contributed by atoms with Crippen molar-refractivity contribution in [2.45, 2.75) is 32.1 Å². The van der Waals surface area contributed by atoms with E-state index in [9.17, 15) is 0 Å². The molecular weight excluding hydrogens is 134 g/mol. The molecule has 0 radical (unpaired) electrons. The van der Waals surface area contributed by atoms with Crippen LogP contribution in [0.3, 0.4) is 0 Å². The number of hydrogen-bond acceptors (Lipinski definition) is 1. The van der Waals surface area contributed by atoms with Crippen LogP contribution in [-0.2, 0) is 0 Å². The van der Waals surface area contributed by atoms with Crippen LogP contribution in [0.4, 0.5) is 0 Å². The Hall–Kier alpha value is -0.850. The zero-order valence-electron chi connectivity index (χ0n) is 7.04. The highest BCUT2D eigenvalue weighted by atomic mass is 14.7. The fourth-order valence-corrected chi connectivity index (χ4v) is 2.03. The number of hydrogen-bond donors (Lipinski definition) is 0. The van der Waals surface area contributed by atoms with Gasteiger partial charge in [0.15, 0.2) is 0 Å². The van der Waals surface area contributed by atoms with Crippen LogP contribution in [0.15, 0.2) is 18.3 Å². The van der Waals surface area contributed by atoms with Crippen molar-refractivity contribution in [2.75, 3.05) is 0 Å². The second-order valence-corrected chi connectivity index (χ2v) is 3.52. The van der Waals surface area contributed by atoms with Crippen molar-refractivity contribution in [1.29, 1.82) is 0 Å². The van der Waals surface area contributed by atoms with Gasteiger partial charge in [-0.2, -0.15) is 0 Å². The summed E-state index contributed by atoms with van der Waals surface area (Å²) in [5.74, 6) is 1.38. The quantitative estimate of drug-likeness (QED) is 0.549. The van der Waals surface area contributed by atoms with Gasteiger partial charge in [0.1, 0.15) is 0 Å². The summed E-state index contributed by atoms with van der Waals surface area (Å²) in [6, 6.07) is 4.24. The van der Waals surface area contributed by atoms with Gasteiger partial charge < -0.3 is 0 Å². The Bertz CT molecular complexity index is 240.